The second kappa shape index (κ2) is 13.0. The average molecular weight is 779 g/mol. The van der Waals surface area contributed by atoms with Gasteiger partial charge in [0.15, 0.2) is 0 Å². The summed E-state index contributed by atoms with van der Waals surface area (Å²) in [5.41, 5.74) is 14.4. The van der Waals surface area contributed by atoms with Gasteiger partial charge in [0.2, 0.25) is 0 Å². The summed E-state index contributed by atoms with van der Waals surface area (Å²) in [5.74, 6) is 0. The molecule has 0 saturated carbocycles. The SMILES string of the molecule is [2H]c1c([2H])c([2H])c2c(c1[2H])-c1ccc(N(c3ccc4c(c3)c3ccccc3n4-c3ccccc3)c3ccccc3-c3ccccc3)cc1C21c2ccccc2-c2cccc3cccc1c23. The van der Waals surface area contributed by atoms with Crippen LogP contribution in [0.1, 0.15) is 27.7 Å². The Bertz CT molecular complexity index is 3780. The summed E-state index contributed by atoms with van der Waals surface area (Å²) in [4.78, 5) is 2.35. The predicted octanol–water partition coefficient (Wildman–Crippen LogP) is 15.4. The molecular weight excluding hydrogens is 737 g/mol. The van der Waals surface area contributed by atoms with Crippen LogP contribution in [0, 0.1) is 0 Å². The maximum Gasteiger partial charge on any atom is 0.0726 e. The summed E-state index contributed by atoms with van der Waals surface area (Å²) in [7, 11) is 0. The highest BCUT2D eigenvalue weighted by atomic mass is 15.1. The van der Waals surface area contributed by atoms with E-state index < -0.39 is 5.41 Å². The van der Waals surface area contributed by atoms with Crippen molar-refractivity contribution in [2.24, 2.45) is 0 Å². The minimum absolute atomic E-state index is 0.0172. The molecule has 0 fully saturated rings. The van der Waals surface area contributed by atoms with E-state index in [2.05, 4.69) is 210 Å². The molecule has 0 radical (unpaired) electrons. The summed E-state index contributed by atoms with van der Waals surface area (Å²) in [6, 6.07) is 72.2. The van der Waals surface area contributed by atoms with Crippen LogP contribution in [0.3, 0.4) is 0 Å². The second-order valence-corrected chi connectivity index (χ2v) is 16.1. The lowest BCUT2D eigenvalue weighted by Crippen LogP contribution is -2.32. The molecule has 1 atom stereocenters. The average Bonchev–Trinajstić information content (AvgIpc) is 3.85. The molecule has 0 aliphatic heterocycles. The number of rotatable bonds is 5. The van der Waals surface area contributed by atoms with E-state index in [4.69, 9.17) is 2.74 Å². The van der Waals surface area contributed by atoms with Crippen LogP contribution in [-0.4, -0.2) is 4.57 Å². The molecule has 1 heterocycles. The van der Waals surface area contributed by atoms with Gasteiger partial charge in [-0.1, -0.05) is 176 Å². The van der Waals surface area contributed by atoms with Gasteiger partial charge in [-0.3, -0.25) is 0 Å². The van der Waals surface area contributed by atoms with Crippen LogP contribution < -0.4 is 4.90 Å². The Morgan fingerprint density at radius 2 is 1.05 bits per heavy atom. The first-order valence-corrected chi connectivity index (χ1v) is 20.9. The number of aromatic nitrogens is 1. The van der Waals surface area contributed by atoms with Crippen LogP contribution >= 0.6 is 0 Å². The molecule has 0 saturated heterocycles. The molecule has 1 aromatic heterocycles. The monoisotopic (exact) mass is 778 g/mol. The Labute approximate surface area is 360 Å². The summed E-state index contributed by atoms with van der Waals surface area (Å²) in [6.07, 6.45) is 0. The highest BCUT2D eigenvalue weighted by Crippen LogP contribution is 2.62. The van der Waals surface area contributed by atoms with E-state index in [0.717, 1.165) is 99.8 Å². The number of benzene rings is 10. The predicted molar refractivity (Wildman–Crippen MR) is 255 cm³/mol. The van der Waals surface area contributed by atoms with Crippen molar-refractivity contribution in [2.75, 3.05) is 4.90 Å². The topological polar surface area (TPSA) is 8.17 Å². The quantitative estimate of drug-likeness (QED) is 0.169. The van der Waals surface area contributed by atoms with Crippen LogP contribution in [0.5, 0.6) is 0 Å². The number of nitrogens with zero attached hydrogens (tertiary/aromatic N) is 2. The van der Waals surface area contributed by atoms with Gasteiger partial charge in [0.05, 0.1) is 27.6 Å². The number of anilines is 3. The molecule has 2 nitrogen and oxygen atoms in total. The molecule has 2 heteroatoms. The summed E-state index contributed by atoms with van der Waals surface area (Å²) in [6.45, 7) is 0. The molecular formula is C59H38N2. The Hall–Kier alpha value is -7.94. The molecule has 0 N–H and O–H groups in total. The van der Waals surface area contributed by atoms with Gasteiger partial charge >= 0.3 is 0 Å². The highest BCUT2D eigenvalue weighted by molar-refractivity contribution is 6.11. The molecule has 1 spiro atoms. The van der Waals surface area contributed by atoms with E-state index in [1.807, 2.05) is 6.07 Å². The third kappa shape index (κ3) is 4.73. The zero-order chi connectivity index (χ0) is 43.6. The van der Waals surface area contributed by atoms with Crippen molar-refractivity contribution in [1.29, 1.82) is 0 Å². The maximum absolute atomic E-state index is 9.80. The standard InChI is InChI=1S/C59H38N2/c1-3-17-39(18-4-1)44-23-9-13-31-55(44)60(42-34-36-57-50(37-42)48-26-10-14-32-56(48)61(57)41-21-5-2-6-22-41)43-33-35-47-45-24-7-11-28-51(45)59(54(47)38-43)52-29-12-8-25-46(52)49-27-15-19-40-20-16-30-53(59)58(40)49/h1-38H/i7D,11D,24D,28D. The first-order valence-electron chi connectivity index (χ1n) is 22.9. The fourth-order valence-electron chi connectivity index (χ4n) is 10.7. The number of hydrogen-bond donors (Lipinski definition) is 0. The van der Waals surface area contributed by atoms with Gasteiger partial charge in [0.1, 0.15) is 0 Å². The van der Waals surface area contributed by atoms with E-state index in [1.165, 1.54) is 0 Å². The smallest absolute Gasteiger partial charge is 0.0726 e. The van der Waals surface area contributed by atoms with E-state index in [9.17, 15) is 2.74 Å². The highest BCUT2D eigenvalue weighted by Gasteiger charge is 2.50. The third-order valence-corrected chi connectivity index (χ3v) is 13.1. The molecule has 61 heavy (non-hydrogen) atoms. The molecule has 1 unspecified atom stereocenters. The molecule has 11 aromatic rings. The van der Waals surface area contributed by atoms with Crippen LogP contribution in [0.15, 0.2) is 230 Å². The van der Waals surface area contributed by atoms with Crippen LogP contribution in [0.2, 0.25) is 0 Å². The summed E-state index contributed by atoms with van der Waals surface area (Å²) in [5, 5.41) is 4.46. The van der Waals surface area contributed by atoms with Crippen molar-refractivity contribution >= 4 is 49.6 Å². The zero-order valence-electron chi connectivity index (χ0n) is 37.0. The Morgan fingerprint density at radius 3 is 1.93 bits per heavy atom. The molecule has 0 amide bonds. The van der Waals surface area contributed by atoms with E-state index in [0.29, 0.717) is 11.1 Å². The fourth-order valence-corrected chi connectivity index (χ4v) is 10.7. The van der Waals surface area contributed by atoms with Gasteiger partial charge in [-0.15, -0.1) is 0 Å². The molecule has 0 bridgehead atoms. The third-order valence-electron chi connectivity index (χ3n) is 13.1. The first kappa shape index (κ1) is 30.2. The minimum atomic E-state index is -1.07. The maximum atomic E-state index is 9.80. The van der Waals surface area contributed by atoms with Crippen LogP contribution in [-0.2, 0) is 5.41 Å². The van der Waals surface area contributed by atoms with Crippen molar-refractivity contribution in [1.82, 2.24) is 4.57 Å². The minimum Gasteiger partial charge on any atom is -0.310 e. The van der Waals surface area contributed by atoms with Gasteiger partial charge < -0.3 is 9.47 Å². The first-order chi connectivity index (χ1) is 31.9. The lowest BCUT2D eigenvalue weighted by atomic mass is 9.61. The van der Waals surface area contributed by atoms with Crippen molar-refractivity contribution in [3.05, 3.63) is 253 Å². The Morgan fingerprint density at radius 1 is 0.410 bits per heavy atom. The van der Waals surface area contributed by atoms with Gasteiger partial charge in [-0.2, -0.15) is 0 Å². The zero-order valence-corrected chi connectivity index (χ0v) is 33.0. The molecule has 2 aliphatic carbocycles. The molecule has 13 rings (SSSR count). The summed E-state index contributed by atoms with van der Waals surface area (Å²) < 4.78 is 39.8. The normalized spacial score (nSPS) is 15.5. The van der Waals surface area contributed by atoms with Crippen LogP contribution in [0.4, 0.5) is 17.1 Å². The van der Waals surface area contributed by atoms with Crippen molar-refractivity contribution in [2.45, 2.75) is 5.41 Å². The number of fused-ring (bicyclic) bond motifs is 12. The number of hydrogen-bond acceptors (Lipinski definition) is 1. The van der Waals surface area contributed by atoms with E-state index in [1.54, 1.807) is 0 Å². The van der Waals surface area contributed by atoms with Gasteiger partial charge in [-0.25, -0.2) is 0 Å². The molecule has 284 valence electrons. The van der Waals surface area contributed by atoms with E-state index in [-0.39, 0.29) is 24.2 Å². The van der Waals surface area contributed by atoms with Crippen LogP contribution in [0.25, 0.3) is 71.6 Å². The van der Waals surface area contributed by atoms with E-state index >= 15 is 0 Å². The lowest BCUT2D eigenvalue weighted by Gasteiger charge is -2.40. The van der Waals surface area contributed by atoms with Gasteiger partial charge in [-0.05, 0) is 115 Å². The lowest BCUT2D eigenvalue weighted by molar-refractivity contribution is 0.773. The van der Waals surface area contributed by atoms with Gasteiger partial charge in [0.25, 0.3) is 0 Å². The fraction of sp³-hybridized carbons (Fsp3) is 0.0169. The van der Waals surface area contributed by atoms with Crippen molar-refractivity contribution in [3.8, 4) is 39.1 Å². The van der Waals surface area contributed by atoms with Crippen molar-refractivity contribution in [3.63, 3.8) is 0 Å². The number of para-hydroxylation sites is 3. The Balaban J connectivity index is 1.15. The van der Waals surface area contributed by atoms with Gasteiger partial charge in [0, 0.05) is 33.4 Å². The Kier molecular flexibility index (Phi) is 6.44. The molecule has 2 aliphatic rings. The second-order valence-electron chi connectivity index (χ2n) is 16.1. The molecule has 10 aromatic carbocycles. The van der Waals surface area contributed by atoms with Crippen molar-refractivity contribution < 1.29 is 5.48 Å². The largest absolute Gasteiger partial charge is 0.310 e. The summed E-state index contributed by atoms with van der Waals surface area (Å²) >= 11 is 0.